The first-order valence-corrected chi connectivity index (χ1v) is 7.63. The van der Waals surface area contributed by atoms with Gasteiger partial charge in [0.2, 0.25) is 0 Å². The normalized spacial score (nSPS) is 17.3. The highest BCUT2D eigenvalue weighted by atomic mass is 35.5. The lowest BCUT2D eigenvalue weighted by atomic mass is 9.96. The third-order valence-corrected chi connectivity index (χ3v) is 4.42. The molecule has 0 amide bonds. The first-order chi connectivity index (χ1) is 10.3. The highest BCUT2D eigenvalue weighted by Gasteiger charge is 2.26. The molecule has 0 saturated carbocycles. The Morgan fingerprint density at radius 1 is 1.36 bits per heavy atom. The molecule has 22 heavy (non-hydrogen) atoms. The number of aromatic amines is 1. The van der Waals surface area contributed by atoms with E-state index >= 15 is 0 Å². The molecular weight excluding hydrogens is 296 g/mol. The van der Waals surface area contributed by atoms with Gasteiger partial charge in [0.25, 0.3) is 0 Å². The minimum atomic E-state index is 0. The van der Waals surface area contributed by atoms with Crippen LogP contribution in [0.4, 0.5) is 0 Å². The predicted molar refractivity (Wildman–Crippen MR) is 91.7 cm³/mol. The van der Waals surface area contributed by atoms with Crippen LogP contribution in [-0.4, -0.2) is 21.3 Å². The van der Waals surface area contributed by atoms with Crippen molar-refractivity contribution in [3.63, 3.8) is 0 Å². The number of nitrogens with one attached hydrogen (secondary N) is 2. The van der Waals surface area contributed by atoms with Crippen LogP contribution >= 0.6 is 12.4 Å². The molecular formula is C17H21ClN4. The summed E-state index contributed by atoms with van der Waals surface area (Å²) in [5.74, 6) is 0. The Labute approximate surface area is 136 Å². The molecule has 0 radical (unpaired) electrons. The number of nitrogens with zero attached hydrogens (tertiary/aromatic N) is 2. The monoisotopic (exact) mass is 316 g/mol. The molecule has 2 N–H and O–H groups in total. The molecule has 1 unspecified atom stereocenters. The second kappa shape index (κ2) is 5.78. The van der Waals surface area contributed by atoms with Crippen LogP contribution in [0.2, 0.25) is 0 Å². The van der Waals surface area contributed by atoms with Crippen molar-refractivity contribution >= 4 is 23.3 Å². The fraction of sp³-hybridized carbons (Fsp3) is 0.353. The van der Waals surface area contributed by atoms with Gasteiger partial charge in [-0.3, -0.25) is 4.68 Å². The fourth-order valence-electron chi connectivity index (χ4n) is 3.33. The highest BCUT2D eigenvalue weighted by molar-refractivity contribution is 5.86. The molecule has 0 fully saturated rings. The van der Waals surface area contributed by atoms with Gasteiger partial charge in [0.15, 0.2) is 0 Å². The number of hydrogen-bond acceptors (Lipinski definition) is 2. The highest BCUT2D eigenvalue weighted by Crippen LogP contribution is 2.33. The molecule has 1 aliphatic heterocycles. The summed E-state index contributed by atoms with van der Waals surface area (Å²) in [6.07, 6.45) is 5.20. The maximum atomic E-state index is 4.41. The first-order valence-electron chi connectivity index (χ1n) is 7.63. The minimum Gasteiger partial charge on any atom is -0.357 e. The van der Waals surface area contributed by atoms with Crippen molar-refractivity contribution in [2.45, 2.75) is 32.9 Å². The Morgan fingerprint density at radius 3 is 3.00 bits per heavy atom. The molecule has 0 saturated heterocycles. The average Bonchev–Trinajstić information content (AvgIpc) is 3.11. The number of H-pyrrole nitrogens is 1. The third-order valence-electron chi connectivity index (χ3n) is 4.42. The van der Waals surface area contributed by atoms with Crippen LogP contribution < -0.4 is 5.32 Å². The summed E-state index contributed by atoms with van der Waals surface area (Å²) >= 11 is 0. The number of hydrogen-bond donors (Lipinski definition) is 2. The SMILES string of the molecule is CCn1cc(C2NCCc3c2[nH]c2ccc(C)cc32)cn1.Cl. The molecule has 4 rings (SSSR count). The lowest BCUT2D eigenvalue weighted by molar-refractivity contribution is 0.559. The quantitative estimate of drug-likeness (QED) is 0.761. The second-order valence-electron chi connectivity index (χ2n) is 5.83. The molecule has 5 heteroatoms. The van der Waals surface area contributed by atoms with Gasteiger partial charge < -0.3 is 10.3 Å². The van der Waals surface area contributed by atoms with Gasteiger partial charge in [-0.25, -0.2) is 0 Å². The number of benzene rings is 1. The van der Waals surface area contributed by atoms with Crippen LogP contribution in [-0.2, 0) is 13.0 Å². The summed E-state index contributed by atoms with van der Waals surface area (Å²) in [4.78, 5) is 3.62. The summed E-state index contributed by atoms with van der Waals surface area (Å²) in [6.45, 7) is 6.19. The predicted octanol–water partition coefficient (Wildman–Crippen LogP) is 3.35. The average molecular weight is 317 g/mol. The number of rotatable bonds is 2. The molecule has 3 heterocycles. The van der Waals surface area contributed by atoms with Crippen molar-refractivity contribution < 1.29 is 0 Å². The number of aromatic nitrogens is 3. The maximum Gasteiger partial charge on any atom is 0.0763 e. The number of aryl methyl sites for hydroxylation is 2. The topological polar surface area (TPSA) is 45.6 Å². The van der Waals surface area contributed by atoms with E-state index in [0.717, 1.165) is 19.5 Å². The van der Waals surface area contributed by atoms with Gasteiger partial charge in [0.1, 0.15) is 0 Å². The Kier molecular flexibility index (Phi) is 3.98. The molecule has 0 bridgehead atoms. The molecule has 3 aromatic rings. The molecule has 0 spiro atoms. The van der Waals surface area contributed by atoms with E-state index in [1.54, 1.807) is 0 Å². The number of fused-ring (bicyclic) bond motifs is 3. The van der Waals surface area contributed by atoms with Crippen LogP contribution in [0.15, 0.2) is 30.6 Å². The van der Waals surface area contributed by atoms with Crippen molar-refractivity contribution in [2.24, 2.45) is 0 Å². The standard InChI is InChI=1S/C17H20N4.ClH/c1-3-21-10-12(9-19-21)16-17-13(6-7-18-16)14-8-11(2)4-5-15(14)20-17;/h4-5,8-10,16,18,20H,3,6-7H2,1-2H3;1H. The van der Waals surface area contributed by atoms with Crippen LogP contribution in [0.3, 0.4) is 0 Å². The summed E-state index contributed by atoms with van der Waals surface area (Å²) in [5.41, 5.74) is 6.56. The zero-order chi connectivity index (χ0) is 14.4. The van der Waals surface area contributed by atoms with Crippen LogP contribution in [0.5, 0.6) is 0 Å². The Morgan fingerprint density at radius 2 is 2.23 bits per heavy atom. The molecule has 1 atom stereocenters. The van der Waals surface area contributed by atoms with Gasteiger partial charge in [-0.15, -0.1) is 12.4 Å². The van der Waals surface area contributed by atoms with Crippen molar-refractivity contribution in [3.05, 3.63) is 53.0 Å². The summed E-state index contributed by atoms with van der Waals surface area (Å²) in [6, 6.07) is 6.88. The summed E-state index contributed by atoms with van der Waals surface area (Å²) < 4.78 is 1.98. The number of halogens is 1. The Balaban J connectivity index is 0.00000144. The molecule has 4 nitrogen and oxygen atoms in total. The minimum absolute atomic E-state index is 0. The maximum absolute atomic E-state index is 4.41. The van der Waals surface area contributed by atoms with Crippen molar-refractivity contribution in [1.29, 1.82) is 0 Å². The van der Waals surface area contributed by atoms with Crippen molar-refractivity contribution in [1.82, 2.24) is 20.1 Å². The van der Waals surface area contributed by atoms with E-state index in [1.807, 2.05) is 10.9 Å². The van der Waals surface area contributed by atoms with E-state index in [2.05, 4.69) is 53.6 Å². The zero-order valence-corrected chi connectivity index (χ0v) is 13.7. The molecule has 1 aromatic carbocycles. The van der Waals surface area contributed by atoms with Crippen LogP contribution in [0, 0.1) is 6.92 Å². The Bertz CT molecular complexity index is 802. The van der Waals surface area contributed by atoms with Crippen LogP contribution in [0.1, 0.15) is 35.3 Å². The molecule has 2 aromatic heterocycles. The summed E-state index contributed by atoms with van der Waals surface area (Å²) in [7, 11) is 0. The zero-order valence-electron chi connectivity index (χ0n) is 12.9. The van der Waals surface area contributed by atoms with Gasteiger partial charge in [0, 0.05) is 41.4 Å². The van der Waals surface area contributed by atoms with Gasteiger partial charge in [-0.1, -0.05) is 11.6 Å². The lowest BCUT2D eigenvalue weighted by Gasteiger charge is -2.23. The molecule has 1 aliphatic rings. The van der Waals surface area contributed by atoms with Gasteiger partial charge >= 0.3 is 0 Å². The lowest BCUT2D eigenvalue weighted by Crippen LogP contribution is -2.30. The van der Waals surface area contributed by atoms with Gasteiger partial charge in [0.05, 0.1) is 12.2 Å². The van der Waals surface area contributed by atoms with Crippen molar-refractivity contribution in [3.8, 4) is 0 Å². The smallest absolute Gasteiger partial charge is 0.0763 e. The van der Waals surface area contributed by atoms with E-state index in [4.69, 9.17) is 0 Å². The van der Waals surface area contributed by atoms with E-state index in [1.165, 1.54) is 33.3 Å². The van der Waals surface area contributed by atoms with Gasteiger partial charge in [-0.2, -0.15) is 5.10 Å². The van der Waals surface area contributed by atoms with E-state index in [-0.39, 0.29) is 18.4 Å². The van der Waals surface area contributed by atoms with Crippen LogP contribution in [0.25, 0.3) is 10.9 Å². The fourth-order valence-corrected chi connectivity index (χ4v) is 3.33. The molecule has 116 valence electrons. The Hall–Kier alpha value is -1.78. The first kappa shape index (κ1) is 15.1. The second-order valence-corrected chi connectivity index (χ2v) is 5.83. The molecule has 0 aliphatic carbocycles. The summed E-state index contributed by atoms with van der Waals surface area (Å²) in [5, 5.41) is 9.41. The van der Waals surface area contributed by atoms with Gasteiger partial charge in [-0.05, 0) is 38.0 Å². The van der Waals surface area contributed by atoms with E-state index in [0.29, 0.717) is 0 Å². The van der Waals surface area contributed by atoms with Crippen molar-refractivity contribution in [2.75, 3.05) is 6.54 Å². The van der Waals surface area contributed by atoms with E-state index < -0.39 is 0 Å². The van der Waals surface area contributed by atoms with E-state index in [9.17, 15) is 0 Å². The largest absolute Gasteiger partial charge is 0.357 e. The third kappa shape index (κ3) is 2.32.